The molecule has 1 N–H and O–H groups in total. The maximum atomic E-state index is 11.2. The van der Waals surface area contributed by atoms with E-state index in [1.54, 1.807) is 18.5 Å². The summed E-state index contributed by atoms with van der Waals surface area (Å²) in [5.41, 5.74) is 1.69. The average molecular weight is 364 g/mol. The highest BCUT2D eigenvalue weighted by atomic mass is 16.6. The lowest BCUT2D eigenvalue weighted by atomic mass is 10.1. The normalized spacial score (nSPS) is 11.4. The van der Waals surface area contributed by atoms with Crippen molar-refractivity contribution in [2.45, 2.75) is 6.92 Å². The van der Waals surface area contributed by atoms with Crippen LogP contribution >= 0.6 is 0 Å². The van der Waals surface area contributed by atoms with Gasteiger partial charge in [-0.3, -0.25) is 10.1 Å². The van der Waals surface area contributed by atoms with Crippen LogP contribution < -0.4 is 4.74 Å². The number of phenols is 1. The molecule has 0 saturated carbocycles. The first-order valence-corrected chi connectivity index (χ1v) is 8.14. The Morgan fingerprint density at radius 3 is 2.81 bits per heavy atom. The second-order valence-electron chi connectivity index (χ2n) is 5.73. The number of benzene rings is 2. The molecule has 8 nitrogen and oxygen atoms in total. The first-order chi connectivity index (χ1) is 13.0. The molecule has 0 aliphatic heterocycles. The van der Waals surface area contributed by atoms with Crippen molar-refractivity contribution in [3.63, 3.8) is 0 Å². The number of aromatic nitrogens is 2. The zero-order valence-corrected chi connectivity index (χ0v) is 14.7. The van der Waals surface area contributed by atoms with Gasteiger partial charge in [0.25, 0.3) is 0 Å². The molecular weight excluding hydrogens is 348 g/mol. The van der Waals surface area contributed by atoms with Crippen LogP contribution in [-0.2, 0) is 7.05 Å². The van der Waals surface area contributed by atoms with E-state index in [0.717, 1.165) is 11.0 Å². The Balaban J connectivity index is 2.17. The van der Waals surface area contributed by atoms with E-state index in [-0.39, 0.29) is 17.9 Å². The van der Waals surface area contributed by atoms with Gasteiger partial charge in [0.15, 0.2) is 11.6 Å². The van der Waals surface area contributed by atoms with Crippen molar-refractivity contribution < 1.29 is 14.8 Å². The van der Waals surface area contributed by atoms with Crippen molar-refractivity contribution in [1.82, 2.24) is 9.55 Å². The number of allylic oxidation sites excluding steroid dienone is 1. The van der Waals surface area contributed by atoms with E-state index in [9.17, 15) is 20.5 Å². The number of nitriles is 1. The van der Waals surface area contributed by atoms with Gasteiger partial charge in [-0.15, -0.1) is 0 Å². The number of ether oxygens (including phenoxy) is 1. The quantitative estimate of drug-likeness (QED) is 0.420. The molecule has 0 atom stereocenters. The predicted octanol–water partition coefficient (Wildman–Crippen LogP) is 3.65. The molecule has 0 saturated heterocycles. The zero-order chi connectivity index (χ0) is 19.6. The molecule has 3 rings (SSSR count). The van der Waals surface area contributed by atoms with Crippen molar-refractivity contribution in [1.29, 1.82) is 5.26 Å². The van der Waals surface area contributed by atoms with Gasteiger partial charge in [0.05, 0.1) is 28.1 Å². The summed E-state index contributed by atoms with van der Waals surface area (Å²) >= 11 is 0. The van der Waals surface area contributed by atoms with Crippen molar-refractivity contribution in [3.8, 4) is 17.6 Å². The molecule has 1 aromatic heterocycles. The summed E-state index contributed by atoms with van der Waals surface area (Å²) < 4.78 is 7.05. The molecule has 0 amide bonds. The van der Waals surface area contributed by atoms with Gasteiger partial charge in [-0.2, -0.15) is 5.26 Å². The van der Waals surface area contributed by atoms with Crippen LogP contribution in [0.25, 0.3) is 22.7 Å². The second kappa shape index (κ2) is 7.17. The van der Waals surface area contributed by atoms with Gasteiger partial charge in [0, 0.05) is 13.1 Å². The first kappa shape index (κ1) is 17.9. The first-order valence-electron chi connectivity index (χ1n) is 8.14. The molecule has 0 spiro atoms. The van der Waals surface area contributed by atoms with Gasteiger partial charge in [-0.25, -0.2) is 4.98 Å². The molecule has 0 aliphatic carbocycles. The van der Waals surface area contributed by atoms with E-state index in [1.165, 1.54) is 18.2 Å². The maximum Gasteiger partial charge on any atom is 0.315 e. The Morgan fingerprint density at radius 2 is 2.19 bits per heavy atom. The Hall–Kier alpha value is -3.86. The van der Waals surface area contributed by atoms with Crippen molar-refractivity contribution in [3.05, 3.63) is 57.9 Å². The zero-order valence-electron chi connectivity index (χ0n) is 14.7. The molecule has 3 aromatic rings. The largest absolute Gasteiger partial charge is 0.500 e. The number of aryl methyl sites for hydroxylation is 1. The molecule has 0 aliphatic rings. The molecule has 27 heavy (non-hydrogen) atoms. The maximum absolute atomic E-state index is 11.2. The summed E-state index contributed by atoms with van der Waals surface area (Å²) in [5.74, 6) is -0.118. The number of hydrogen-bond acceptors (Lipinski definition) is 6. The van der Waals surface area contributed by atoms with Crippen LogP contribution in [0.3, 0.4) is 0 Å². The van der Waals surface area contributed by atoms with Gasteiger partial charge in [-0.1, -0.05) is 12.1 Å². The molecule has 2 aromatic carbocycles. The minimum Gasteiger partial charge on any atom is -0.500 e. The summed E-state index contributed by atoms with van der Waals surface area (Å²) in [6.07, 6.45) is 1.48. The third-order valence-electron chi connectivity index (χ3n) is 4.03. The number of nitro benzene ring substituents is 1. The van der Waals surface area contributed by atoms with E-state index in [0.29, 0.717) is 11.4 Å². The number of aromatic hydroxyl groups is 1. The number of phenolic OH excluding ortho intramolecular Hbond substituents is 1. The Bertz CT molecular complexity index is 1110. The number of rotatable bonds is 5. The summed E-state index contributed by atoms with van der Waals surface area (Å²) in [4.78, 5) is 15.0. The highest BCUT2D eigenvalue weighted by Crippen LogP contribution is 2.38. The monoisotopic (exact) mass is 364 g/mol. The Labute approximate surface area is 154 Å². The van der Waals surface area contributed by atoms with Crippen LogP contribution in [0.5, 0.6) is 11.5 Å². The lowest BCUT2D eigenvalue weighted by Gasteiger charge is -2.08. The molecule has 0 bridgehead atoms. The van der Waals surface area contributed by atoms with Crippen LogP contribution in [0.15, 0.2) is 36.4 Å². The summed E-state index contributed by atoms with van der Waals surface area (Å²) in [6.45, 7) is 1.93. The smallest absolute Gasteiger partial charge is 0.315 e. The van der Waals surface area contributed by atoms with Gasteiger partial charge in [0.2, 0.25) is 5.75 Å². The molecule has 136 valence electrons. The lowest BCUT2D eigenvalue weighted by Crippen LogP contribution is -1.98. The molecule has 0 unspecified atom stereocenters. The molecule has 0 radical (unpaired) electrons. The fraction of sp³-hybridized carbons (Fsp3) is 0.158. The number of para-hydroxylation sites is 2. The van der Waals surface area contributed by atoms with Crippen LogP contribution in [-0.4, -0.2) is 26.2 Å². The molecule has 0 fully saturated rings. The molecular formula is C19H16N4O4. The van der Waals surface area contributed by atoms with E-state index in [2.05, 4.69) is 11.1 Å². The second-order valence-corrected chi connectivity index (χ2v) is 5.73. The Kier molecular flexibility index (Phi) is 4.77. The summed E-state index contributed by atoms with van der Waals surface area (Å²) in [6, 6.07) is 12.2. The van der Waals surface area contributed by atoms with Crippen LogP contribution in [0.2, 0.25) is 0 Å². The number of nitrogens with zero attached hydrogens (tertiary/aromatic N) is 4. The highest BCUT2D eigenvalue weighted by molar-refractivity contribution is 5.91. The van der Waals surface area contributed by atoms with Gasteiger partial charge < -0.3 is 14.4 Å². The average Bonchev–Trinajstić information content (AvgIpc) is 2.99. The minimum atomic E-state index is -0.698. The number of imidazole rings is 1. The van der Waals surface area contributed by atoms with Crippen molar-refractivity contribution >= 4 is 28.4 Å². The number of fused-ring (bicyclic) bond motifs is 1. The highest BCUT2D eigenvalue weighted by Gasteiger charge is 2.20. The third-order valence-corrected chi connectivity index (χ3v) is 4.03. The molecule has 8 heteroatoms. The minimum absolute atomic E-state index is 0.0137. The predicted molar refractivity (Wildman–Crippen MR) is 100 cm³/mol. The topological polar surface area (TPSA) is 114 Å². The standard InChI is InChI=1S/C19H16N4O4/c1-3-27-17-10-12(9-16(18(17)24)23(25)26)8-13(11-20)19-21-14-6-4-5-7-15(14)22(19)2/h4-10,24H,3H2,1-2H3. The van der Waals surface area contributed by atoms with E-state index < -0.39 is 16.4 Å². The van der Waals surface area contributed by atoms with Gasteiger partial charge >= 0.3 is 5.69 Å². The third kappa shape index (κ3) is 3.30. The van der Waals surface area contributed by atoms with Crippen molar-refractivity contribution in [2.75, 3.05) is 6.61 Å². The number of hydrogen-bond donors (Lipinski definition) is 1. The fourth-order valence-corrected chi connectivity index (χ4v) is 2.80. The SMILES string of the molecule is CCOc1cc(C=C(C#N)c2nc3ccccc3n2C)cc([N+](=O)[O-])c1O. The van der Waals surface area contributed by atoms with Crippen LogP contribution in [0, 0.1) is 21.4 Å². The fourth-order valence-electron chi connectivity index (χ4n) is 2.80. The van der Waals surface area contributed by atoms with Gasteiger partial charge in [-0.05, 0) is 36.8 Å². The lowest BCUT2D eigenvalue weighted by molar-refractivity contribution is -0.386. The van der Waals surface area contributed by atoms with Gasteiger partial charge in [0.1, 0.15) is 6.07 Å². The summed E-state index contributed by atoms with van der Waals surface area (Å²) in [7, 11) is 1.79. The summed E-state index contributed by atoms with van der Waals surface area (Å²) in [5, 5.41) is 30.8. The van der Waals surface area contributed by atoms with E-state index >= 15 is 0 Å². The van der Waals surface area contributed by atoms with Crippen LogP contribution in [0.1, 0.15) is 18.3 Å². The van der Waals surface area contributed by atoms with Crippen molar-refractivity contribution in [2.24, 2.45) is 7.05 Å². The Morgan fingerprint density at radius 1 is 1.44 bits per heavy atom. The number of nitro groups is 1. The van der Waals surface area contributed by atoms with Crippen LogP contribution in [0.4, 0.5) is 5.69 Å². The molecule has 1 heterocycles. The van der Waals surface area contributed by atoms with E-state index in [4.69, 9.17) is 4.74 Å². The van der Waals surface area contributed by atoms with E-state index in [1.807, 2.05) is 24.3 Å².